The number of benzene rings is 1. The minimum absolute atomic E-state index is 0.0550. The van der Waals surface area contributed by atoms with Crippen LogP contribution in [0, 0.1) is 17.0 Å². The second-order valence-electron chi connectivity index (χ2n) is 7.81. The lowest BCUT2D eigenvalue weighted by molar-refractivity contribution is 0.201. The maximum Gasteiger partial charge on any atom is 0.242 e. The van der Waals surface area contributed by atoms with Crippen molar-refractivity contribution in [2.24, 2.45) is 5.41 Å². The van der Waals surface area contributed by atoms with Gasteiger partial charge in [0, 0.05) is 16.9 Å². The van der Waals surface area contributed by atoms with Crippen molar-refractivity contribution in [3.63, 3.8) is 0 Å². The molecule has 0 radical (unpaired) electrons. The van der Waals surface area contributed by atoms with Crippen molar-refractivity contribution in [1.29, 1.82) is 0 Å². The highest BCUT2D eigenvalue weighted by Gasteiger charge is 2.25. The van der Waals surface area contributed by atoms with Crippen molar-refractivity contribution < 1.29 is 22.3 Å². The van der Waals surface area contributed by atoms with Crippen molar-refractivity contribution in [1.82, 2.24) is 15.0 Å². The molecular weight excluding hydrogens is 436 g/mol. The molecule has 2 rings (SSSR count). The molecule has 0 aliphatic heterocycles. The van der Waals surface area contributed by atoms with Gasteiger partial charge in [-0.25, -0.2) is 17.2 Å². The summed E-state index contributed by atoms with van der Waals surface area (Å²) in [5.74, 6) is -1.55. The number of sulfonamides is 1. The van der Waals surface area contributed by atoms with E-state index < -0.39 is 32.9 Å². The SMILES string of the molecule is C[C@@H](Sc1nc(N[C@@H](CO)C(C)(C)C)nc(NS(C)(=O)=O)n1)c1ccc(F)cc1F. The van der Waals surface area contributed by atoms with E-state index in [1.807, 2.05) is 20.8 Å². The lowest BCUT2D eigenvalue weighted by Gasteiger charge is -2.29. The number of thioether (sulfide) groups is 1. The third-order valence-electron chi connectivity index (χ3n) is 4.11. The standard InChI is InChI=1S/C18H25F2N5O3S2/c1-10(12-7-6-11(19)8-13(12)20)29-17-23-15(21-14(9-26)18(2,3)4)22-16(24-17)25-30(5,27)28/h6-8,10,14,26H,9H2,1-5H3,(H2,21,22,23,24,25)/t10-,14+/m1/s1. The molecule has 0 aliphatic rings. The number of aliphatic hydroxyl groups is 1. The van der Waals surface area contributed by atoms with Crippen LogP contribution in [0.5, 0.6) is 0 Å². The Morgan fingerprint density at radius 3 is 2.33 bits per heavy atom. The smallest absolute Gasteiger partial charge is 0.242 e. The number of hydrogen-bond acceptors (Lipinski definition) is 8. The number of anilines is 2. The third kappa shape index (κ3) is 7.03. The minimum atomic E-state index is -3.66. The summed E-state index contributed by atoms with van der Waals surface area (Å²) in [6.45, 7) is 7.21. The highest BCUT2D eigenvalue weighted by atomic mass is 32.2. The summed E-state index contributed by atoms with van der Waals surface area (Å²) < 4.78 is 52.7. The molecule has 1 aromatic carbocycles. The van der Waals surface area contributed by atoms with Gasteiger partial charge in [-0.3, -0.25) is 4.72 Å². The van der Waals surface area contributed by atoms with Gasteiger partial charge < -0.3 is 10.4 Å². The van der Waals surface area contributed by atoms with Gasteiger partial charge in [-0.1, -0.05) is 38.6 Å². The predicted octanol–water partition coefficient (Wildman–Crippen LogP) is 3.19. The topological polar surface area (TPSA) is 117 Å². The first-order valence-electron chi connectivity index (χ1n) is 9.01. The fourth-order valence-corrected chi connectivity index (χ4v) is 3.77. The molecule has 12 heteroatoms. The van der Waals surface area contributed by atoms with Crippen LogP contribution in [0.1, 0.15) is 38.5 Å². The van der Waals surface area contributed by atoms with Crippen molar-refractivity contribution >= 4 is 33.7 Å². The summed E-state index contributed by atoms with van der Waals surface area (Å²) in [6, 6.07) is 2.86. The number of hydrogen-bond donors (Lipinski definition) is 3. The Bertz CT molecular complexity index is 1000. The summed E-state index contributed by atoms with van der Waals surface area (Å²) in [6.07, 6.45) is 0.957. The van der Waals surface area contributed by atoms with Crippen LogP contribution < -0.4 is 10.0 Å². The highest BCUT2D eigenvalue weighted by Crippen LogP contribution is 2.35. The number of aliphatic hydroxyl groups excluding tert-OH is 1. The molecule has 3 N–H and O–H groups in total. The molecule has 30 heavy (non-hydrogen) atoms. The average Bonchev–Trinajstić information content (AvgIpc) is 2.56. The van der Waals surface area contributed by atoms with Gasteiger partial charge in [0.1, 0.15) is 11.6 Å². The summed E-state index contributed by atoms with van der Waals surface area (Å²) in [5, 5.41) is 12.3. The maximum absolute atomic E-state index is 14.1. The van der Waals surface area contributed by atoms with Crippen LogP contribution in [0.2, 0.25) is 0 Å². The van der Waals surface area contributed by atoms with E-state index in [0.717, 1.165) is 30.2 Å². The fraction of sp³-hybridized carbons (Fsp3) is 0.500. The second kappa shape index (κ2) is 9.40. The summed E-state index contributed by atoms with van der Waals surface area (Å²) in [5.41, 5.74) is -0.0965. The molecule has 0 fully saturated rings. The van der Waals surface area contributed by atoms with Gasteiger partial charge in [0.2, 0.25) is 21.9 Å². The van der Waals surface area contributed by atoms with E-state index in [1.54, 1.807) is 6.92 Å². The number of halogens is 2. The van der Waals surface area contributed by atoms with Crippen molar-refractivity contribution in [2.45, 2.75) is 44.1 Å². The molecule has 0 unspecified atom stereocenters. The van der Waals surface area contributed by atoms with E-state index in [4.69, 9.17) is 0 Å². The van der Waals surface area contributed by atoms with Gasteiger partial charge in [0.15, 0.2) is 5.16 Å². The van der Waals surface area contributed by atoms with Gasteiger partial charge in [0.25, 0.3) is 0 Å². The van der Waals surface area contributed by atoms with E-state index in [1.165, 1.54) is 6.07 Å². The van der Waals surface area contributed by atoms with Gasteiger partial charge in [-0.15, -0.1) is 0 Å². The van der Waals surface area contributed by atoms with E-state index in [2.05, 4.69) is 25.0 Å². The first kappa shape index (κ1) is 24.2. The largest absolute Gasteiger partial charge is 0.394 e. The van der Waals surface area contributed by atoms with Crippen molar-refractivity contribution in [2.75, 3.05) is 22.9 Å². The first-order valence-corrected chi connectivity index (χ1v) is 11.8. The predicted molar refractivity (Wildman–Crippen MR) is 113 cm³/mol. The summed E-state index contributed by atoms with van der Waals surface area (Å²) >= 11 is 1.05. The quantitative estimate of drug-likeness (QED) is 0.513. The lowest BCUT2D eigenvalue weighted by Crippen LogP contribution is -2.38. The molecule has 0 spiro atoms. The Morgan fingerprint density at radius 1 is 1.17 bits per heavy atom. The highest BCUT2D eigenvalue weighted by molar-refractivity contribution is 7.99. The van der Waals surface area contributed by atoms with Crippen LogP contribution in [0.15, 0.2) is 23.4 Å². The van der Waals surface area contributed by atoms with Crippen molar-refractivity contribution in [3.8, 4) is 0 Å². The minimum Gasteiger partial charge on any atom is -0.394 e. The fourth-order valence-electron chi connectivity index (χ4n) is 2.43. The van der Waals surface area contributed by atoms with Gasteiger partial charge in [0.05, 0.1) is 18.9 Å². The molecule has 8 nitrogen and oxygen atoms in total. The maximum atomic E-state index is 14.1. The molecule has 1 heterocycles. The van der Waals surface area contributed by atoms with Crippen LogP contribution in [0.25, 0.3) is 0 Å². The van der Waals surface area contributed by atoms with Crippen LogP contribution in [0.4, 0.5) is 20.7 Å². The van der Waals surface area contributed by atoms with Gasteiger partial charge >= 0.3 is 0 Å². The normalized spacial score (nSPS) is 14.3. The second-order valence-corrected chi connectivity index (χ2v) is 10.9. The van der Waals surface area contributed by atoms with Crippen LogP contribution in [-0.4, -0.2) is 47.4 Å². The van der Waals surface area contributed by atoms with Crippen LogP contribution in [0.3, 0.4) is 0 Å². The van der Waals surface area contributed by atoms with Gasteiger partial charge in [-0.05, 0) is 18.4 Å². The third-order valence-corrected chi connectivity index (χ3v) is 5.66. The Kier molecular flexibility index (Phi) is 7.59. The zero-order chi connectivity index (χ0) is 22.7. The van der Waals surface area contributed by atoms with E-state index in [-0.39, 0.29) is 34.6 Å². The van der Waals surface area contributed by atoms with E-state index >= 15 is 0 Å². The first-order chi connectivity index (χ1) is 13.8. The monoisotopic (exact) mass is 461 g/mol. The number of nitrogens with one attached hydrogen (secondary N) is 2. The van der Waals surface area contributed by atoms with Gasteiger partial charge in [-0.2, -0.15) is 15.0 Å². The van der Waals surface area contributed by atoms with Crippen LogP contribution in [-0.2, 0) is 10.0 Å². The molecule has 0 amide bonds. The Morgan fingerprint density at radius 2 is 1.80 bits per heavy atom. The van der Waals surface area contributed by atoms with Crippen molar-refractivity contribution in [3.05, 3.63) is 35.4 Å². The molecule has 0 aliphatic carbocycles. The molecule has 0 saturated heterocycles. The summed E-state index contributed by atoms with van der Waals surface area (Å²) in [4.78, 5) is 12.4. The number of aromatic nitrogens is 3. The zero-order valence-corrected chi connectivity index (χ0v) is 18.9. The number of rotatable bonds is 8. The van der Waals surface area contributed by atoms with Crippen LogP contribution >= 0.6 is 11.8 Å². The average molecular weight is 462 g/mol. The Balaban J connectivity index is 2.38. The molecular formula is C18H25F2N5O3S2. The molecule has 0 bridgehead atoms. The molecule has 2 atom stereocenters. The molecule has 2 aromatic rings. The Labute approximate surface area is 179 Å². The molecule has 1 aromatic heterocycles. The zero-order valence-electron chi connectivity index (χ0n) is 17.3. The van der Waals surface area contributed by atoms with E-state index in [0.29, 0.717) is 0 Å². The lowest BCUT2D eigenvalue weighted by atomic mass is 9.87. The molecule has 166 valence electrons. The Hall–Kier alpha value is -2.05. The summed E-state index contributed by atoms with van der Waals surface area (Å²) in [7, 11) is -3.66. The van der Waals surface area contributed by atoms with E-state index in [9.17, 15) is 22.3 Å². The number of nitrogens with zero attached hydrogens (tertiary/aromatic N) is 3. The molecule has 0 saturated carbocycles.